The number of amides is 1. The van der Waals surface area contributed by atoms with Gasteiger partial charge in [0.05, 0.1) is 18.4 Å². The van der Waals surface area contributed by atoms with Crippen LogP contribution in [0.4, 0.5) is 0 Å². The van der Waals surface area contributed by atoms with Crippen LogP contribution in [-0.2, 0) is 9.53 Å². The molecule has 1 amide bonds. The molecule has 7 heteroatoms. The summed E-state index contributed by atoms with van der Waals surface area (Å²) in [7, 11) is 1.51. The van der Waals surface area contributed by atoms with E-state index in [0.29, 0.717) is 5.56 Å². The third kappa shape index (κ3) is 3.80. The van der Waals surface area contributed by atoms with Crippen molar-refractivity contribution in [3.8, 4) is 0 Å². The van der Waals surface area contributed by atoms with E-state index in [1.54, 1.807) is 11.6 Å². The van der Waals surface area contributed by atoms with Crippen molar-refractivity contribution in [3.63, 3.8) is 0 Å². The molecule has 0 saturated heterocycles. The number of aromatic nitrogens is 2. The van der Waals surface area contributed by atoms with E-state index in [1.165, 1.54) is 18.2 Å². The summed E-state index contributed by atoms with van der Waals surface area (Å²) in [6.07, 6.45) is 1.49. The number of aliphatic carboxylic acids is 1. The summed E-state index contributed by atoms with van der Waals surface area (Å²) in [5.41, 5.74) is 1.16. The van der Waals surface area contributed by atoms with Gasteiger partial charge in [0, 0.05) is 25.4 Å². The van der Waals surface area contributed by atoms with Crippen LogP contribution < -0.4 is 0 Å². The molecule has 1 N–H and O–H groups in total. The van der Waals surface area contributed by atoms with Gasteiger partial charge in [-0.05, 0) is 20.8 Å². The standard InChI is InChI=1S/C13H21N3O4/c1-9(2)16-10(3)11(7-14-16)13(19)15(5-6-20-4)8-12(17)18/h7,9H,5-6,8H2,1-4H3,(H,17,18). The van der Waals surface area contributed by atoms with Crippen LogP contribution >= 0.6 is 0 Å². The van der Waals surface area contributed by atoms with Crippen molar-refractivity contribution in [2.75, 3.05) is 26.8 Å². The molecule has 0 aromatic carbocycles. The van der Waals surface area contributed by atoms with Crippen LogP contribution in [0.3, 0.4) is 0 Å². The molecule has 1 heterocycles. The summed E-state index contributed by atoms with van der Waals surface area (Å²) in [5, 5.41) is 13.1. The Hall–Kier alpha value is -1.89. The van der Waals surface area contributed by atoms with E-state index in [1.807, 2.05) is 13.8 Å². The lowest BCUT2D eigenvalue weighted by Crippen LogP contribution is -2.38. The molecule has 0 aliphatic rings. The van der Waals surface area contributed by atoms with Gasteiger partial charge in [0.25, 0.3) is 5.91 Å². The molecule has 0 bridgehead atoms. The number of methoxy groups -OCH3 is 1. The number of hydrogen-bond acceptors (Lipinski definition) is 4. The summed E-state index contributed by atoms with van der Waals surface area (Å²) < 4.78 is 6.64. The highest BCUT2D eigenvalue weighted by atomic mass is 16.5. The first kappa shape index (κ1) is 16.2. The minimum absolute atomic E-state index is 0.142. The molecule has 1 aromatic heterocycles. The van der Waals surface area contributed by atoms with Crippen molar-refractivity contribution in [3.05, 3.63) is 17.5 Å². The fourth-order valence-corrected chi connectivity index (χ4v) is 1.94. The van der Waals surface area contributed by atoms with Crippen molar-refractivity contribution >= 4 is 11.9 Å². The fraction of sp³-hybridized carbons (Fsp3) is 0.615. The van der Waals surface area contributed by atoms with E-state index in [4.69, 9.17) is 9.84 Å². The second-order valence-corrected chi connectivity index (χ2v) is 4.80. The molecular formula is C13H21N3O4. The summed E-state index contributed by atoms with van der Waals surface area (Å²) in [5.74, 6) is -1.39. The number of hydrogen-bond donors (Lipinski definition) is 1. The zero-order valence-electron chi connectivity index (χ0n) is 12.3. The van der Waals surface area contributed by atoms with Gasteiger partial charge in [0.1, 0.15) is 6.54 Å². The lowest BCUT2D eigenvalue weighted by atomic mass is 10.2. The molecule has 1 aromatic rings. The van der Waals surface area contributed by atoms with Crippen LogP contribution in [0.25, 0.3) is 0 Å². The first-order chi connectivity index (χ1) is 9.38. The minimum Gasteiger partial charge on any atom is -0.480 e. The zero-order valence-corrected chi connectivity index (χ0v) is 12.3. The molecule has 7 nitrogen and oxygen atoms in total. The topological polar surface area (TPSA) is 84.7 Å². The van der Waals surface area contributed by atoms with Gasteiger partial charge in [-0.15, -0.1) is 0 Å². The predicted octanol–water partition coefficient (Wildman–Crippen LogP) is 0.946. The number of nitrogens with zero attached hydrogens (tertiary/aromatic N) is 3. The van der Waals surface area contributed by atoms with E-state index >= 15 is 0 Å². The van der Waals surface area contributed by atoms with E-state index in [2.05, 4.69) is 5.10 Å². The van der Waals surface area contributed by atoms with Gasteiger partial charge in [0.15, 0.2) is 0 Å². The van der Waals surface area contributed by atoms with Crippen LogP contribution in [0, 0.1) is 6.92 Å². The molecule has 0 fully saturated rings. The normalized spacial score (nSPS) is 10.8. The Balaban J connectivity index is 2.96. The van der Waals surface area contributed by atoms with Gasteiger partial charge in [-0.1, -0.05) is 0 Å². The average Bonchev–Trinajstić information content (AvgIpc) is 2.75. The quantitative estimate of drug-likeness (QED) is 0.805. The molecule has 112 valence electrons. The third-order valence-corrected chi connectivity index (χ3v) is 2.94. The average molecular weight is 283 g/mol. The van der Waals surface area contributed by atoms with E-state index < -0.39 is 5.97 Å². The second kappa shape index (κ2) is 7.04. The molecule has 0 saturated carbocycles. The Kier molecular flexibility index (Phi) is 5.69. The highest BCUT2D eigenvalue weighted by molar-refractivity contribution is 5.96. The Morgan fingerprint density at radius 3 is 2.60 bits per heavy atom. The summed E-state index contributed by atoms with van der Waals surface area (Å²) in [4.78, 5) is 24.5. The first-order valence-corrected chi connectivity index (χ1v) is 6.42. The Morgan fingerprint density at radius 2 is 2.15 bits per heavy atom. The van der Waals surface area contributed by atoms with E-state index in [0.717, 1.165) is 5.69 Å². The Bertz CT molecular complexity index is 482. The van der Waals surface area contributed by atoms with Gasteiger partial charge in [-0.2, -0.15) is 5.10 Å². The SMILES string of the molecule is COCCN(CC(=O)O)C(=O)c1cnn(C(C)C)c1C. The molecular weight excluding hydrogens is 262 g/mol. The number of carbonyl (C=O) groups excluding carboxylic acids is 1. The largest absolute Gasteiger partial charge is 0.480 e. The highest BCUT2D eigenvalue weighted by Crippen LogP contribution is 2.14. The lowest BCUT2D eigenvalue weighted by Gasteiger charge is -2.20. The van der Waals surface area contributed by atoms with E-state index in [9.17, 15) is 9.59 Å². The van der Waals surface area contributed by atoms with Gasteiger partial charge in [-0.3, -0.25) is 14.3 Å². The van der Waals surface area contributed by atoms with Gasteiger partial charge in [-0.25, -0.2) is 0 Å². The maximum Gasteiger partial charge on any atom is 0.323 e. The summed E-state index contributed by atoms with van der Waals surface area (Å²) >= 11 is 0. The van der Waals surface area contributed by atoms with Crippen LogP contribution in [0.15, 0.2) is 6.20 Å². The second-order valence-electron chi connectivity index (χ2n) is 4.80. The van der Waals surface area contributed by atoms with Crippen LogP contribution in [0.5, 0.6) is 0 Å². The first-order valence-electron chi connectivity index (χ1n) is 6.42. The number of ether oxygens (including phenoxy) is 1. The van der Waals surface area contributed by atoms with Crippen molar-refractivity contribution in [1.29, 1.82) is 0 Å². The third-order valence-electron chi connectivity index (χ3n) is 2.94. The lowest BCUT2D eigenvalue weighted by molar-refractivity contribution is -0.137. The highest BCUT2D eigenvalue weighted by Gasteiger charge is 2.22. The number of carboxylic acid groups (broad SMARTS) is 1. The summed E-state index contributed by atoms with van der Waals surface area (Å²) in [6.45, 7) is 5.90. The molecule has 0 aliphatic heterocycles. The van der Waals surface area contributed by atoms with Crippen molar-refractivity contribution < 1.29 is 19.4 Å². The zero-order chi connectivity index (χ0) is 15.3. The molecule has 0 atom stereocenters. The van der Waals surface area contributed by atoms with Crippen molar-refractivity contribution in [2.45, 2.75) is 26.8 Å². The van der Waals surface area contributed by atoms with Gasteiger partial charge >= 0.3 is 5.97 Å². The number of carboxylic acids is 1. The Labute approximate surface area is 118 Å². The molecule has 0 radical (unpaired) electrons. The Morgan fingerprint density at radius 1 is 1.50 bits per heavy atom. The maximum absolute atomic E-state index is 12.4. The molecule has 20 heavy (non-hydrogen) atoms. The van der Waals surface area contributed by atoms with Gasteiger partial charge < -0.3 is 14.7 Å². The molecule has 0 aliphatic carbocycles. The summed E-state index contributed by atoms with van der Waals surface area (Å²) in [6, 6.07) is 0.142. The van der Waals surface area contributed by atoms with Crippen molar-refractivity contribution in [1.82, 2.24) is 14.7 Å². The maximum atomic E-state index is 12.4. The number of rotatable bonds is 7. The van der Waals surface area contributed by atoms with Gasteiger partial charge in [0.2, 0.25) is 0 Å². The predicted molar refractivity (Wildman–Crippen MR) is 72.8 cm³/mol. The van der Waals surface area contributed by atoms with E-state index in [-0.39, 0.29) is 31.6 Å². The minimum atomic E-state index is -1.05. The van der Waals surface area contributed by atoms with Crippen LogP contribution in [-0.4, -0.2) is 58.5 Å². The molecule has 0 unspecified atom stereocenters. The number of carbonyl (C=O) groups is 2. The monoisotopic (exact) mass is 283 g/mol. The molecule has 0 spiro atoms. The fourth-order valence-electron chi connectivity index (χ4n) is 1.94. The van der Waals surface area contributed by atoms with Crippen LogP contribution in [0.2, 0.25) is 0 Å². The van der Waals surface area contributed by atoms with Crippen LogP contribution in [0.1, 0.15) is 35.9 Å². The smallest absolute Gasteiger partial charge is 0.323 e. The molecule has 1 rings (SSSR count). The van der Waals surface area contributed by atoms with Crippen molar-refractivity contribution in [2.24, 2.45) is 0 Å².